The highest BCUT2D eigenvalue weighted by atomic mass is 17.2. The summed E-state index contributed by atoms with van der Waals surface area (Å²) in [6.07, 6.45) is -2.42. The maximum Gasteiger partial charge on any atom is 0.467 e. The monoisotopic (exact) mass is 278 g/mol. The number of aliphatic hydroxyl groups is 1. The summed E-state index contributed by atoms with van der Waals surface area (Å²) in [5.74, 6) is -8.50. The molecule has 1 heterocycles. The van der Waals surface area contributed by atoms with Crippen LogP contribution in [0.1, 0.15) is 12.8 Å². The van der Waals surface area contributed by atoms with Gasteiger partial charge in [-0.2, -0.15) is 0 Å². The molecular formula is C8H6O11. The molecule has 1 saturated heterocycles. The van der Waals surface area contributed by atoms with E-state index in [4.69, 9.17) is 5.11 Å². The number of hydrogen-bond donors (Lipinski definition) is 2. The molecular weight excluding hydrogens is 272 g/mol. The first-order chi connectivity index (χ1) is 8.74. The van der Waals surface area contributed by atoms with Gasteiger partial charge in [-0.15, -0.1) is 0 Å². The van der Waals surface area contributed by atoms with Crippen molar-refractivity contribution in [3.8, 4) is 0 Å². The van der Waals surface area contributed by atoms with Gasteiger partial charge in [0.25, 0.3) is 0 Å². The highest BCUT2D eigenvalue weighted by molar-refractivity contribution is 6.29. The summed E-state index contributed by atoms with van der Waals surface area (Å²) in [6, 6.07) is 0. The zero-order valence-corrected chi connectivity index (χ0v) is 8.98. The number of aliphatic carboxylic acids is 1. The third-order valence-electron chi connectivity index (χ3n) is 1.83. The van der Waals surface area contributed by atoms with Gasteiger partial charge >= 0.3 is 29.8 Å². The van der Waals surface area contributed by atoms with Gasteiger partial charge in [0.05, 0.1) is 12.8 Å². The van der Waals surface area contributed by atoms with Crippen molar-refractivity contribution in [2.75, 3.05) is 0 Å². The third kappa shape index (κ3) is 3.64. The van der Waals surface area contributed by atoms with E-state index in [0.717, 1.165) is 0 Å². The van der Waals surface area contributed by atoms with E-state index in [2.05, 4.69) is 19.6 Å². The van der Waals surface area contributed by atoms with E-state index in [1.165, 1.54) is 0 Å². The van der Waals surface area contributed by atoms with Crippen molar-refractivity contribution in [1.82, 2.24) is 0 Å². The smallest absolute Gasteiger partial charge is 0.467 e. The Labute approximate surface area is 103 Å². The lowest BCUT2D eigenvalue weighted by Gasteiger charge is -2.21. The van der Waals surface area contributed by atoms with E-state index in [1.807, 2.05) is 0 Å². The Kier molecular flexibility index (Phi) is 4.01. The van der Waals surface area contributed by atoms with E-state index in [9.17, 15) is 29.1 Å². The van der Waals surface area contributed by atoms with E-state index in [1.54, 1.807) is 0 Å². The minimum atomic E-state index is -2.84. The summed E-state index contributed by atoms with van der Waals surface area (Å²) in [5.41, 5.74) is -2.84. The van der Waals surface area contributed by atoms with Crippen LogP contribution in [-0.2, 0) is 43.5 Å². The van der Waals surface area contributed by atoms with Gasteiger partial charge in [-0.3, -0.25) is 4.79 Å². The van der Waals surface area contributed by atoms with Crippen molar-refractivity contribution >= 4 is 29.8 Å². The van der Waals surface area contributed by atoms with Gasteiger partial charge in [0.1, 0.15) is 0 Å². The Morgan fingerprint density at radius 3 is 2.11 bits per heavy atom. The van der Waals surface area contributed by atoms with Gasteiger partial charge in [-0.1, -0.05) is 0 Å². The predicted molar refractivity (Wildman–Crippen MR) is 46.2 cm³/mol. The maximum atomic E-state index is 11.3. The fourth-order valence-electron chi connectivity index (χ4n) is 1.03. The average Bonchev–Trinajstić information content (AvgIpc) is 2.30. The first-order valence-corrected chi connectivity index (χ1v) is 4.53. The molecule has 11 nitrogen and oxygen atoms in total. The fraction of sp³-hybridized carbons (Fsp3) is 0.375. The molecule has 2 N–H and O–H groups in total. The van der Waals surface area contributed by atoms with Crippen molar-refractivity contribution in [2.24, 2.45) is 0 Å². The van der Waals surface area contributed by atoms with Crippen molar-refractivity contribution in [3.63, 3.8) is 0 Å². The minimum Gasteiger partial charge on any atom is -0.481 e. The lowest BCUT2D eigenvalue weighted by molar-refractivity contribution is -0.292. The second kappa shape index (κ2) is 5.30. The molecule has 0 aromatic heterocycles. The zero-order valence-electron chi connectivity index (χ0n) is 8.98. The summed E-state index contributed by atoms with van der Waals surface area (Å²) in [6.45, 7) is 0. The molecule has 0 radical (unpaired) electrons. The predicted octanol–water partition coefficient (Wildman–Crippen LogP) is -2.40. The Balaban J connectivity index is 2.96. The molecule has 1 fully saturated rings. The molecule has 1 rings (SSSR count). The van der Waals surface area contributed by atoms with Crippen LogP contribution in [0.4, 0.5) is 0 Å². The van der Waals surface area contributed by atoms with Crippen molar-refractivity contribution < 1.29 is 53.7 Å². The van der Waals surface area contributed by atoms with Crippen LogP contribution in [0, 0.1) is 0 Å². The van der Waals surface area contributed by atoms with Crippen LogP contribution in [0.15, 0.2) is 0 Å². The van der Waals surface area contributed by atoms with Crippen LogP contribution in [0.5, 0.6) is 0 Å². The zero-order chi connectivity index (χ0) is 14.6. The molecule has 11 heteroatoms. The second-order valence-electron chi connectivity index (χ2n) is 3.35. The molecule has 0 saturated carbocycles. The molecule has 0 bridgehead atoms. The number of rotatable bonds is 2. The molecule has 104 valence electrons. The molecule has 1 aliphatic heterocycles. The van der Waals surface area contributed by atoms with E-state index < -0.39 is 48.3 Å². The summed E-state index contributed by atoms with van der Waals surface area (Å²) in [5, 5.41) is 18.2. The molecule has 0 amide bonds. The van der Waals surface area contributed by atoms with Crippen molar-refractivity contribution in [3.05, 3.63) is 0 Å². The molecule has 1 aliphatic rings. The highest BCUT2D eigenvalue weighted by Crippen LogP contribution is 2.20. The first-order valence-electron chi connectivity index (χ1n) is 4.53. The lowest BCUT2D eigenvalue weighted by atomic mass is 9.96. The third-order valence-corrected chi connectivity index (χ3v) is 1.83. The Hall–Kier alpha value is -2.69. The molecule has 1 atom stereocenters. The van der Waals surface area contributed by atoms with Crippen LogP contribution in [0.2, 0.25) is 0 Å². The topological polar surface area (TPSA) is 163 Å². The number of carboxylic acids is 1. The first kappa shape index (κ1) is 14.4. The van der Waals surface area contributed by atoms with Crippen LogP contribution >= 0.6 is 0 Å². The summed E-state index contributed by atoms with van der Waals surface area (Å²) in [4.78, 5) is 69.2. The van der Waals surface area contributed by atoms with E-state index in [0.29, 0.717) is 0 Å². The fourth-order valence-corrected chi connectivity index (χ4v) is 1.03. The lowest BCUT2D eigenvalue weighted by Crippen LogP contribution is -2.45. The van der Waals surface area contributed by atoms with Crippen LogP contribution in [0.3, 0.4) is 0 Å². The van der Waals surface area contributed by atoms with Gasteiger partial charge in [0, 0.05) is 0 Å². The number of carboxylic acid groups (broad SMARTS) is 1. The number of carbonyl (C=O) groups excluding carboxylic acids is 4. The van der Waals surface area contributed by atoms with Gasteiger partial charge in [0.15, 0.2) is 5.60 Å². The molecule has 0 spiro atoms. The minimum absolute atomic E-state index is 1.19. The van der Waals surface area contributed by atoms with Crippen LogP contribution in [-0.4, -0.2) is 45.7 Å². The van der Waals surface area contributed by atoms with Crippen LogP contribution in [0.25, 0.3) is 0 Å². The SMILES string of the molecule is O=C(O)CC1(O)CC(=O)OOC(=O)C(=O)OOC1=O. The van der Waals surface area contributed by atoms with Gasteiger partial charge in [0.2, 0.25) is 0 Å². The highest BCUT2D eigenvalue weighted by Gasteiger charge is 2.46. The summed E-state index contributed by atoms with van der Waals surface area (Å²) >= 11 is 0. The quantitative estimate of drug-likeness (QED) is 0.408. The van der Waals surface area contributed by atoms with Gasteiger partial charge in [-0.05, 0) is 0 Å². The average molecular weight is 278 g/mol. The number of hydrogen-bond acceptors (Lipinski definition) is 10. The second-order valence-corrected chi connectivity index (χ2v) is 3.35. The van der Waals surface area contributed by atoms with Crippen molar-refractivity contribution in [1.29, 1.82) is 0 Å². The molecule has 19 heavy (non-hydrogen) atoms. The summed E-state index contributed by atoms with van der Waals surface area (Å²) in [7, 11) is 0. The molecule has 0 aliphatic carbocycles. The summed E-state index contributed by atoms with van der Waals surface area (Å²) < 4.78 is 0. The molecule has 0 aromatic carbocycles. The maximum absolute atomic E-state index is 11.3. The van der Waals surface area contributed by atoms with E-state index in [-0.39, 0.29) is 0 Å². The van der Waals surface area contributed by atoms with E-state index >= 15 is 0 Å². The van der Waals surface area contributed by atoms with Gasteiger partial charge in [-0.25, -0.2) is 38.7 Å². The molecule has 1 unspecified atom stereocenters. The Morgan fingerprint density at radius 2 is 1.58 bits per heavy atom. The normalized spacial score (nSPS) is 24.7. The number of carbonyl (C=O) groups is 5. The van der Waals surface area contributed by atoms with Gasteiger partial charge < -0.3 is 10.2 Å². The van der Waals surface area contributed by atoms with Crippen LogP contribution < -0.4 is 0 Å². The van der Waals surface area contributed by atoms with Crippen molar-refractivity contribution in [2.45, 2.75) is 18.4 Å². The largest absolute Gasteiger partial charge is 0.481 e. The Bertz CT molecular complexity index is 452. The molecule has 0 aromatic rings. The standard InChI is InChI=1S/C8H6O11/c9-3(10)1-8(15)2-4(11)16-17-5(12)6(13)18-19-7(8)14/h15H,1-2H2,(H,9,10). The Morgan fingerprint density at radius 1 is 1.05 bits per heavy atom.